The molecule has 3 rings (SSSR count). The van der Waals surface area contributed by atoms with Crippen LogP contribution in [0.2, 0.25) is 0 Å². The van der Waals surface area contributed by atoms with E-state index in [0.717, 1.165) is 5.69 Å². The molecule has 126 valence electrons. The minimum atomic E-state index is -0.679. The first-order chi connectivity index (χ1) is 12.3. The minimum absolute atomic E-state index is 0.145. The number of aliphatic hydroxyl groups excluding tert-OH is 1. The van der Waals surface area contributed by atoms with Gasteiger partial charge in [-0.25, -0.2) is 0 Å². The van der Waals surface area contributed by atoms with Crippen molar-refractivity contribution in [3.63, 3.8) is 0 Å². The number of aliphatic hydroxyl groups is 1. The molecule has 25 heavy (non-hydrogen) atoms. The Morgan fingerprint density at radius 1 is 1.16 bits per heavy atom. The standard InChI is InChI=1S/C17H15N5O2S/c18-10-13-6-8-16(9-7-13)24-11-15(23)12-25-17-19-20-21-22(17)14-4-2-1-3-5-14/h1-9,15,23H,11-12H2. The molecule has 2 aromatic carbocycles. The van der Waals surface area contributed by atoms with Crippen molar-refractivity contribution in [3.05, 3.63) is 60.2 Å². The molecule has 0 spiro atoms. The Morgan fingerprint density at radius 3 is 2.64 bits per heavy atom. The summed E-state index contributed by atoms with van der Waals surface area (Å²) in [4.78, 5) is 0. The SMILES string of the molecule is N#Cc1ccc(OCC(O)CSc2nnnn2-c2ccccc2)cc1. The highest BCUT2D eigenvalue weighted by atomic mass is 32.2. The molecule has 7 nitrogen and oxygen atoms in total. The third-order valence-electron chi connectivity index (χ3n) is 3.27. The number of rotatable bonds is 7. The van der Waals surface area contributed by atoms with E-state index >= 15 is 0 Å². The molecule has 3 aromatic rings. The minimum Gasteiger partial charge on any atom is -0.491 e. The van der Waals surface area contributed by atoms with Crippen molar-refractivity contribution in [2.75, 3.05) is 12.4 Å². The molecule has 0 aliphatic carbocycles. The van der Waals surface area contributed by atoms with E-state index < -0.39 is 6.10 Å². The van der Waals surface area contributed by atoms with Gasteiger partial charge in [0.15, 0.2) is 0 Å². The summed E-state index contributed by atoms with van der Waals surface area (Å²) in [5, 5.41) is 31.1. The Kier molecular flexibility index (Phi) is 5.61. The zero-order valence-corrected chi connectivity index (χ0v) is 14.0. The van der Waals surface area contributed by atoms with Crippen LogP contribution in [0.25, 0.3) is 5.69 Å². The quantitative estimate of drug-likeness (QED) is 0.649. The van der Waals surface area contributed by atoms with Gasteiger partial charge in [0.05, 0.1) is 23.4 Å². The van der Waals surface area contributed by atoms with Crippen LogP contribution in [0.15, 0.2) is 59.8 Å². The molecule has 1 heterocycles. The van der Waals surface area contributed by atoms with Crippen LogP contribution >= 0.6 is 11.8 Å². The maximum absolute atomic E-state index is 10.1. The fourth-order valence-electron chi connectivity index (χ4n) is 2.04. The summed E-state index contributed by atoms with van der Waals surface area (Å²) in [6.07, 6.45) is -0.679. The summed E-state index contributed by atoms with van der Waals surface area (Å²) in [5.41, 5.74) is 1.43. The fourth-order valence-corrected chi connectivity index (χ4v) is 2.83. The van der Waals surface area contributed by atoms with E-state index in [4.69, 9.17) is 10.00 Å². The van der Waals surface area contributed by atoms with Crippen molar-refractivity contribution in [1.82, 2.24) is 20.2 Å². The summed E-state index contributed by atoms with van der Waals surface area (Å²) in [5.74, 6) is 1.00. The number of thioether (sulfide) groups is 1. The number of hydrogen-bond donors (Lipinski definition) is 1. The highest BCUT2D eigenvalue weighted by Crippen LogP contribution is 2.19. The topological polar surface area (TPSA) is 96.8 Å². The van der Waals surface area contributed by atoms with Crippen molar-refractivity contribution in [2.24, 2.45) is 0 Å². The van der Waals surface area contributed by atoms with Crippen molar-refractivity contribution < 1.29 is 9.84 Å². The number of hydrogen-bond acceptors (Lipinski definition) is 7. The van der Waals surface area contributed by atoms with Crippen LogP contribution in [-0.2, 0) is 0 Å². The van der Waals surface area contributed by atoms with E-state index in [2.05, 4.69) is 15.5 Å². The molecule has 0 aliphatic heterocycles. The largest absolute Gasteiger partial charge is 0.491 e. The number of nitriles is 1. The lowest BCUT2D eigenvalue weighted by molar-refractivity contribution is 0.126. The highest BCUT2D eigenvalue weighted by Gasteiger charge is 2.12. The molecule has 1 unspecified atom stereocenters. The van der Waals surface area contributed by atoms with Crippen molar-refractivity contribution in [3.8, 4) is 17.5 Å². The molecule has 0 aliphatic rings. The van der Waals surface area contributed by atoms with Crippen LogP contribution in [0, 0.1) is 11.3 Å². The van der Waals surface area contributed by atoms with Gasteiger partial charge in [0.2, 0.25) is 5.16 Å². The molecule has 0 bridgehead atoms. The third-order valence-corrected chi connectivity index (χ3v) is 4.34. The van der Waals surface area contributed by atoms with Gasteiger partial charge in [0, 0.05) is 5.75 Å². The van der Waals surface area contributed by atoms with Gasteiger partial charge >= 0.3 is 0 Å². The van der Waals surface area contributed by atoms with E-state index in [-0.39, 0.29) is 6.61 Å². The predicted molar refractivity (Wildman–Crippen MR) is 92.5 cm³/mol. The van der Waals surface area contributed by atoms with E-state index in [1.807, 2.05) is 36.4 Å². The Balaban J connectivity index is 1.52. The summed E-state index contributed by atoms with van der Waals surface area (Å²) in [6, 6.07) is 18.3. The van der Waals surface area contributed by atoms with Crippen LogP contribution in [0.3, 0.4) is 0 Å². The number of benzene rings is 2. The van der Waals surface area contributed by atoms with E-state index in [1.165, 1.54) is 11.8 Å². The smallest absolute Gasteiger partial charge is 0.214 e. The van der Waals surface area contributed by atoms with Crippen molar-refractivity contribution in [2.45, 2.75) is 11.3 Å². The highest BCUT2D eigenvalue weighted by molar-refractivity contribution is 7.99. The lowest BCUT2D eigenvalue weighted by Crippen LogP contribution is -2.20. The van der Waals surface area contributed by atoms with Gasteiger partial charge in [0.25, 0.3) is 0 Å². The summed E-state index contributed by atoms with van der Waals surface area (Å²) in [6.45, 7) is 0.145. The molecule has 0 radical (unpaired) electrons. The molecule has 0 fully saturated rings. The van der Waals surface area contributed by atoms with Gasteiger partial charge in [-0.15, -0.1) is 5.10 Å². The molecule has 1 atom stereocenters. The van der Waals surface area contributed by atoms with Gasteiger partial charge in [-0.2, -0.15) is 9.94 Å². The van der Waals surface area contributed by atoms with Gasteiger partial charge in [0.1, 0.15) is 12.4 Å². The number of ether oxygens (including phenoxy) is 1. The molecule has 0 saturated heterocycles. The van der Waals surface area contributed by atoms with Gasteiger partial charge in [-0.05, 0) is 46.8 Å². The predicted octanol–water partition coefficient (Wildman–Crippen LogP) is 2.07. The van der Waals surface area contributed by atoms with Crippen LogP contribution in [0.1, 0.15) is 5.56 Å². The number of tetrazole rings is 1. The zero-order valence-electron chi connectivity index (χ0n) is 13.2. The Hall–Kier alpha value is -2.89. The van der Waals surface area contributed by atoms with Crippen molar-refractivity contribution in [1.29, 1.82) is 5.26 Å². The second kappa shape index (κ2) is 8.28. The normalized spacial score (nSPS) is 11.7. The summed E-state index contributed by atoms with van der Waals surface area (Å²) < 4.78 is 7.14. The van der Waals surface area contributed by atoms with E-state index in [9.17, 15) is 5.11 Å². The first-order valence-corrected chi connectivity index (χ1v) is 8.52. The third kappa shape index (κ3) is 4.56. The van der Waals surface area contributed by atoms with Gasteiger partial charge < -0.3 is 9.84 Å². The molecular weight excluding hydrogens is 338 g/mol. The maximum Gasteiger partial charge on any atom is 0.214 e. The van der Waals surface area contributed by atoms with Crippen LogP contribution in [0.5, 0.6) is 5.75 Å². The molecule has 1 N–H and O–H groups in total. The maximum atomic E-state index is 10.1. The summed E-state index contributed by atoms with van der Waals surface area (Å²) in [7, 11) is 0. The Labute approximate surface area is 148 Å². The zero-order chi connectivity index (χ0) is 17.5. The van der Waals surface area contributed by atoms with Gasteiger partial charge in [-0.1, -0.05) is 30.0 Å². The fraction of sp³-hybridized carbons (Fsp3) is 0.176. The molecule has 8 heteroatoms. The monoisotopic (exact) mass is 353 g/mol. The molecular formula is C17H15N5O2S. The second-order valence-electron chi connectivity index (χ2n) is 5.12. The average molecular weight is 353 g/mol. The lowest BCUT2D eigenvalue weighted by atomic mass is 10.2. The lowest BCUT2D eigenvalue weighted by Gasteiger charge is -2.12. The number of para-hydroxylation sites is 1. The average Bonchev–Trinajstić information content (AvgIpc) is 3.14. The molecule has 0 amide bonds. The van der Waals surface area contributed by atoms with E-state index in [0.29, 0.717) is 22.2 Å². The second-order valence-corrected chi connectivity index (χ2v) is 6.11. The van der Waals surface area contributed by atoms with Crippen LogP contribution < -0.4 is 4.74 Å². The Morgan fingerprint density at radius 2 is 1.92 bits per heavy atom. The van der Waals surface area contributed by atoms with Crippen molar-refractivity contribution >= 4 is 11.8 Å². The van der Waals surface area contributed by atoms with Crippen LogP contribution in [0.4, 0.5) is 0 Å². The molecule has 0 saturated carbocycles. The van der Waals surface area contributed by atoms with E-state index in [1.54, 1.807) is 28.9 Å². The molecule has 1 aromatic heterocycles. The number of nitrogens with zero attached hydrogens (tertiary/aromatic N) is 5. The Bertz CT molecular complexity index is 845. The van der Waals surface area contributed by atoms with Gasteiger partial charge in [-0.3, -0.25) is 0 Å². The number of aromatic nitrogens is 4. The first-order valence-electron chi connectivity index (χ1n) is 7.54. The summed E-state index contributed by atoms with van der Waals surface area (Å²) >= 11 is 1.35. The van der Waals surface area contributed by atoms with Crippen LogP contribution in [-0.4, -0.2) is 43.8 Å². The first kappa shape index (κ1) is 17.0.